The first-order valence-electron chi connectivity index (χ1n) is 5.80. The fourth-order valence-electron chi connectivity index (χ4n) is 1.48. The first-order chi connectivity index (χ1) is 8.65. The minimum atomic E-state index is -1.08. The Morgan fingerprint density at radius 1 is 1.33 bits per heavy atom. The number of aliphatic carboxylic acids is 1. The third-order valence-corrected chi connectivity index (χ3v) is 2.36. The molecule has 2 N–H and O–H groups in total. The Bertz CT molecular complexity index is 391. The van der Waals surface area contributed by atoms with E-state index < -0.39 is 12.0 Å². The smallest absolute Gasteiger partial charge is 0.330 e. The van der Waals surface area contributed by atoms with E-state index in [1.807, 2.05) is 6.92 Å². The summed E-state index contributed by atoms with van der Waals surface area (Å²) in [4.78, 5) is 22.7. The summed E-state index contributed by atoms with van der Waals surface area (Å²) in [5.74, 6) is -1.41. The quantitative estimate of drug-likeness (QED) is 0.717. The largest absolute Gasteiger partial charge is 0.479 e. The Kier molecular flexibility index (Phi) is 5.87. The van der Waals surface area contributed by atoms with Crippen LogP contribution in [0.1, 0.15) is 24.9 Å². The standard InChI is InChI=1S/C13H17NO4/c1-2-18-9-8-11(15)14-12(13(16)17)10-6-4-3-5-7-10/h3-7,12H,2,8-9H2,1H3,(H,14,15)(H,16,17)/t12-/m0/s1. The highest BCUT2D eigenvalue weighted by atomic mass is 16.5. The summed E-state index contributed by atoms with van der Waals surface area (Å²) in [5.41, 5.74) is 0.551. The third-order valence-electron chi connectivity index (χ3n) is 2.36. The Hall–Kier alpha value is -1.88. The minimum Gasteiger partial charge on any atom is -0.479 e. The van der Waals surface area contributed by atoms with Crippen LogP contribution in [-0.2, 0) is 14.3 Å². The average molecular weight is 251 g/mol. The lowest BCUT2D eigenvalue weighted by Gasteiger charge is -2.14. The maximum atomic E-state index is 11.6. The van der Waals surface area contributed by atoms with Crippen LogP contribution >= 0.6 is 0 Å². The summed E-state index contributed by atoms with van der Waals surface area (Å²) < 4.78 is 5.04. The summed E-state index contributed by atoms with van der Waals surface area (Å²) in [6.07, 6.45) is 0.157. The molecule has 1 atom stereocenters. The number of rotatable bonds is 7. The molecule has 18 heavy (non-hydrogen) atoms. The number of hydrogen-bond acceptors (Lipinski definition) is 3. The van der Waals surface area contributed by atoms with Crippen molar-refractivity contribution >= 4 is 11.9 Å². The van der Waals surface area contributed by atoms with Crippen molar-refractivity contribution < 1.29 is 19.4 Å². The van der Waals surface area contributed by atoms with Gasteiger partial charge in [0, 0.05) is 13.0 Å². The number of amides is 1. The number of ether oxygens (including phenoxy) is 1. The van der Waals surface area contributed by atoms with E-state index in [9.17, 15) is 9.59 Å². The normalized spacial score (nSPS) is 11.8. The summed E-state index contributed by atoms with van der Waals surface area (Å²) in [5, 5.41) is 11.6. The van der Waals surface area contributed by atoms with Crippen molar-refractivity contribution in [3.05, 3.63) is 35.9 Å². The molecule has 1 rings (SSSR count). The molecule has 1 aromatic carbocycles. The number of carbonyl (C=O) groups is 2. The summed E-state index contributed by atoms with van der Waals surface area (Å²) in [7, 11) is 0. The van der Waals surface area contributed by atoms with E-state index >= 15 is 0 Å². The zero-order chi connectivity index (χ0) is 13.4. The first kappa shape index (κ1) is 14.2. The SMILES string of the molecule is CCOCCC(=O)N[C@H](C(=O)O)c1ccccc1. The second-order valence-electron chi connectivity index (χ2n) is 3.70. The van der Waals surface area contributed by atoms with Gasteiger partial charge in [0.15, 0.2) is 6.04 Å². The van der Waals surface area contributed by atoms with Crippen LogP contribution in [0.5, 0.6) is 0 Å². The van der Waals surface area contributed by atoms with Crippen LogP contribution in [0, 0.1) is 0 Å². The highest BCUT2D eigenvalue weighted by Crippen LogP contribution is 2.12. The van der Waals surface area contributed by atoms with Crippen molar-refractivity contribution in [2.75, 3.05) is 13.2 Å². The Morgan fingerprint density at radius 2 is 2.00 bits per heavy atom. The highest BCUT2D eigenvalue weighted by molar-refractivity contribution is 5.84. The predicted octanol–water partition coefficient (Wildman–Crippen LogP) is 1.36. The predicted molar refractivity (Wildman–Crippen MR) is 66.1 cm³/mol. The molecule has 0 aliphatic carbocycles. The van der Waals surface area contributed by atoms with E-state index in [4.69, 9.17) is 9.84 Å². The van der Waals surface area contributed by atoms with Crippen LogP contribution in [0.4, 0.5) is 0 Å². The van der Waals surface area contributed by atoms with E-state index in [1.165, 1.54) is 0 Å². The van der Waals surface area contributed by atoms with Crippen molar-refractivity contribution in [3.8, 4) is 0 Å². The van der Waals surface area contributed by atoms with Crippen LogP contribution in [0.3, 0.4) is 0 Å². The molecule has 1 aromatic rings. The molecule has 5 nitrogen and oxygen atoms in total. The fourth-order valence-corrected chi connectivity index (χ4v) is 1.48. The van der Waals surface area contributed by atoms with Gasteiger partial charge in [0.05, 0.1) is 6.61 Å². The van der Waals surface area contributed by atoms with Gasteiger partial charge in [0.1, 0.15) is 0 Å². The monoisotopic (exact) mass is 251 g/mol. The van der Waals surface area contributed by atoms with E-state index in [2.05, 4.69) is 5.32 Å². The third kappa shape index (κ3) is 4.55. The molecule has 0 heterocycles. The van der Waals surface area contributed by atoms with Gasteiger partial charge in [-0.1, -0.05) is 30.3 Å². The molecule has 98 valence electrons. The Balaban J connectivity index is 2.59. The molecule has 5 heteroatoms. The van der Waals surface area contributed by atoms with Gasteiger partial charge in [-0.3, -0.25) is 4.79 Å². The molecule has 0 saturated carbocycles. The van der Waals surface area contributed by atoms with Gasteiger partial charge in [-0.15, -0.1) is 0 Å². The van der Waals surface area contributed by atoms with E-state index in [-0.39, 0.29) is 12.3 Å². The molecule has 0 aromatic heterocycles. The van der Waals surface area contributed by atoms with E-state index in [0.29, 0.717) is 18.8 Å². The molecule has 0 aliphatic rings. The van der Waals surface area contributed by atoms with Crippen molar-refractivity contribution in [2.45, 2.75) is 19.4 Å². The lowest BCUT2D eigenvalue weighted by Crippen LogP contribution is -2.34. The lowest BCUT2D eigenvalue weighted by atomic mass is 10.1. The van der Waals surface area contributed by atoms with E-state index in [1.54, 1.807) is 30.3 Å². The second-order valence-corrected chi connectivity index (χ2v) is 3.70. The van der Waals surface area contributed by atoms with Crippen LogP contribution < -0.4 is 5.32 Å². The summed E-state index contributed by atoms with van der Waals surface area (Å²) >= 11 is 0. The molecule has 1 amide bonds. The van der Waals surface area contributed by atoms with Gasteiger partial charge in [-0.2, -0.15) is 0 Å². The van der Waals surface area contributed by atoms with Crippen molar-refractivity contribution in [2.24, 2.45) is 0 Å². The molecule has 0 fully saturated rings. The summed E-state index contributed by atoms with van der Waals surface area (Å²) in [6.45, 7) is 2.67. The van der Waals surface area contributed by atoms with Gasteiger partial charge in [0.25, 0.3) is 0 Å². The maximum absolute atomic E-state index is 11.6. The molecule has 0 bridgehead atoms. The van der Waals surface area contributed by atoms with Gasteiger partial charge >= 0.3 is 5.97 Å². The topological polar surface area (TPSA) is 75.6 Å². The van der Waals surface area contributed by atoms with Crippen molar-refractivity contribution in [3.63, 3.8) is 0 Å². The Labute approximate surface area is 106 Å². The zero-order valence-corrected chi connectivity index (χ0v) is 10.3. The summed E-state index contributed by atoms with van der Waals surface area (Å²) in [6, 6.07) is 7.58. The molecular weight excluding hydrogens is 234 g/mol. The molecule has 0 saturated heterocycles. The van der Waals surface area contributed by atoms with Gasteiger partial charge in [-0.25, -0.2) is 4.79 Å². The van der Waals surface area contributed by atoms with Crippen LogP contribution in [0.15, 0.2) is 30.3 Å². The zero-order valence-electron chi connectivity index (χ0n) is 10.3. The number of hydrogen-bond donors (Lipinski definition) is 2. The lowest BCUT2D eigenvalue weighted by molar-refractivity contribution is -0.142. The van der Waals surface area contributed by atoms with Crippen LogP contribution in [-0.4, -0.2) is 30.2 Å². The average Bonchev–Trinajstić information content (AvgIpc) is 2.37. The number of carbonyl (C=O) groups excluding carboxylic acids is 1. The number of benzene rings is 1. The molecule has 0 aliphatic heterocycles. The van der Waals surface area contributed by atoms with Crippen molar-refractivity contribution in [1.82, 2.24) is 5.32 Å². The van der Waals surface area contributed by atoms with Crippen LogP contribution in [0.2, 0.25) is 0 Å². The van der Waals surface area contributed by atoms with Crippen LogP contribution in [0.25, 0.3) is 0 Å². The first-order valence-corrected chi connectivity index (χ1v) is 5.80. The number of nitrogens with one attached hydrogen (secondary N) is 1. The fraction of sp³-hybridized carbons (Fsp3) is 0.385. The van der Waals surface area contributed by atoms with E-state index in [0.717, 1.165) is 0 Å². The number of carboxylic acid groups (broad SMARTS) is 1. The highest BCUT2D eigenvalue weighted by Gasteiger charge is 2.21. The second kappa shape index (κ2) is 7.45. The maximum Gasteiger partial charge on any atom is 0.330 e. The Morgan fingerprint density at radius 3 is 2.56 bits per heavy atom. The van der Waals surface area contributed by atoms with Crippen molar-refractivity contribution in [1.29, 1.82) is 0 Å². The minimum absolute atomic E-state index is 0.157. The molecule has 0 spiro atoms. The molecule has 0 radical (unpaired) electrons. The number of carboxylic acids is 1. The van der Waals surface area contributed by atoms with Gasteiger partial charge in [0.2, 0.25) is 5.91 Å². The van der Waals surface area contributed by atoms with Gasteiger partial charge < -0.3 is 15.2 Å². The van der Waals surface area contributed by atoms with Gasteiger partial charge in [-0.05, 0) is 12.5 Å². The molecular formula is C13H17NO4. The molecule has 0 unspecified atom stereocenters.